The molecule has 0 aromatic heterocycles. The van der Waals surface area contributed by atoms with Crippen molar-refractivity contribution in [1.29, 1.82) is 0 Å². The molecule has 82 valence electrons. The maximum Gasteiger partial charge on any atom is 0.0188 e. The van der Waals surface area contributed by atoms with Gasteiger partial charge >= 0.3 is 0 Å². The molecule has 0 aliphatic heterocycles. The molecule has 0 radical (unpaired) electrons. The maximum atomic E-state index is 3.80. The number of hydrogen-bond donors (Lipinski definition) is 0. The van der Waals surface area contributed by atoms with Gasteiger partial charge in [-0.25, -0.2) is 0 Å². The van der Waals surface area contributed by atoms with Crippen LogP contribution < -0.4 is 0 Å². The van der Waals surface area contributed by atoms with Crippen molar-refractivity contribution in [3.8, 4) is 0 Å². The minimum Gasteiger partial charge on any atom is -0.0887 e. The Labute approximate surface area is 101 Å². The summed E-state index contributed by atoms with van der Waals surface area (Å²) in [7, 11) is 0. The lowest BCUT2D eigenvalue weighted by molar-refractivity contribution is 0.690. The Morgan fingerprint density at radius 1 is 1.27 bits per heavy atom. The van der Waals surface area contributed by atoms with E-state index in [4.69, 9.17) is 0 Å². The first-order valence-corrected chi connectivity index (χ1v) is 6.77. The zero-order chi connectivity index (χ0) is 10.8. The van der Waals surface area contributed by atoms with Crippen LogP contribution in [-0.2, 0) is 6.42 Å². The summed E-state index contributed by atoms with van der Waals surface area (Å²) in [4.78, 5) is 0.673. The highest BCUT2D eigenvalue weighted by Gasteiger charge is 2.24. The Kier molecular flexibility index (Phi) is 3.50. The summed E-state index contributed by atoms with van der Waals surface area (Å²) in [6, 6.07) is 6.83. The van der Waals surface area contributed by atoms with Gasteiger partial charge < -0.3 is 0 Å². The monoisotopic (exact) mass is 266 g/mol. The molecule has 1 fully saturated rings. The van der Waals surface area contributed by atoms with Crippen molar-refractivity contribution in [2.24, 2.45) is 5.92 Å². The summed E-state index contributed by atoms with van der Waals surface area (Å²) in [5, 5.41) is 0. The van der Waals surface area contributed by atoms with Crippen LogP contribution in [0.1, 0.15) is 36.0 Å². The van der Waals surface area contributed by atoms with Crippen LogP contribution in [0.4, 0.5) is 0 Å². The van der Waals surface area contributed by atoms with Gasteiger partial charge in [0, 0.05) is 4.83 Å². The molecule has 1 aromatic rings. The highest BCUT2D eigenvalue weighted by molar-refractivity contribution is 9.09. The van der Waals surface area contributed by atoms with Gasteiger partial charge in [0.15, 0.2) is 0 Å². The van der Waals surface area contributed by atoms with Crippen molar-refractivity contribution in [2.45, 2.75) is 44.4 Å². The summed E-state index contributed by atoms with van der Waals surface area (Å²) in [6.07, 6.45) is 5.44. The second-order valence-electron chi connectivity index (χ2n) is 4.90. The van der Waals surface area contributed by atoms with E-state index in [2.05, 4.69) is 48.0 Å². The zero-order valence-corrected chi connectivity index (χ0v) is 11.2. The molecule has 0 heterocycles. The summed E-state index contributed by atoms with van der Waals surface area (Å²) in [5.41, 5.74) is 4.28. The van der Waals surface area contributed by atoms with E-state index < -0.39 is 0 Å². The van der Waals surface area contributed by atoms with Gasteiger partial charge in [-0.2, -0.15) is 0 Å². The van der Waals surface area contributed by atoms with Crippen molar-refractivity contribution in [3.05, 3.63) is 34.9 Å². The lowest BCUT2D eigenvalue weighted by atomic mass is 10.0. The molecule has 1 atom stereocenters. The molecule has 0 spiro atoms. The first kappa shape index (κ1) is 11.2. The standard InChI is InChI=1S/C14H19Br/c1-10-3-4-13(7-11(10)2)9-14(15)8-12-5-6-12/h3-4,7,12,14H,5-6,8-9H2,1-2H3. The van der Waals surface area contributed by atoms with Crippen molar-refractivity contribution in [3.63, 3.8) is 0 Å². The van der Waals surface area contributed by atoms with E-state index in [9.17, 15) is 0 Å². The van der Waals surface area contributed by atoms with Gasteiger partial charge in [0.05, 0.1) is 0 Å². The lowest BCUT2D eigenvalue weighted by Crippen LogP contribution is -2.04. The van der Waals surface area contributed by atoms with Crippen LogP contribution in [0.15, 0.2) is 18.2 Å². The quantitative estimate of drug-likeness (QED) is 0.709. The fourth-order valence-electron chi connectivity index (χ4n) is 1.98. The lowest BCUT2D eigenvalue weighted by Gasteiger charge is -2.10. The maximum absolute atomic E-state index is 3.80. The normalized spacial score (nSPS) is 17.8. The Bertz CT molecular complexity index is 339. The first-order chi connectivity index (χ1) is 7.15. The predicted octanol–water partition coefficient (Wildman–Crippen LogP) is 4.41. The third kappa shape index (κ3) is 3.34. The summed E-state index contributed by atoms with van der Waals surface area (Å²) in [5.74, 6) is 1.01. The number of hydrogen-bond acceptors (Lipinski definition) is 0. The molecule has 1 aromatic carbocycles. The van der Waals surface area contributed by atoms with E-state index >= 15 is 0 Å². The molecule has 0 bridgehead atoms. The van der Waals surface area contributed by atoms with E-state index in [1.807, 2.05) is 0 Å². The minimum atomic E-state index is 0.673. The van der Waals surface area contributed by atoms with Gasteiger partial charge in [-0.1, -0.05) is 47.0 Å². The Morgan fingerprint density at radius 2 is 2.00 bits per heavy atom. The topological polar surface area (TPSA) is 0 Å². The third-order valence-corrected chi connectivity index (χ3v) is 4.01. The van der Waals surface area contributed by atoms with Crippen LogP contribution in [0.5, 0.6) is 0 Å². The van der Waals surface area contributed by atoms with E-state index in [1.165, 1.54) is 42.4 Å². The molecule has 0 amide bonds. The zero-order valence-electron chi connectivity index (χ0n) is 9.59. The second-order valence-corrected chi connectivity index (χ2v) is 6.19. The SMILES string of the molecule is Cc1ccc(CC(Br)CC2CC2)cc1C. The third-order valence-electron chi connectivity index (χ3n) is 3.31. The Balaban J connectivity index is 1.93. The fourth-order valence-corrected chi connectivity index (χ4v) is 2.89. The smallest absolute Gasteiger partial charge is 0.0188 e. The summed E-state index contributed by atoms with van der Waals surface area (Å²) >= 11 is 3.80. The highest BCUT2D eigenvalue weighted by atomic mass is 79.9. The first-order valence-electron chi connectivity index (χ1n) is 5.85. The molecular weight excluding hydrogens is 248 g/mol. The van der Waals surface area contributed by atoms with Gasteiger partial charge in [-0.3, -0.25) is 0 Å². The molecule has 1 saturated carbocycles. The van der Waals surface area contributed by atoms with Crippen LogP contribution in [0, 0.1) is 19.8 Å². The molecule has 1 aliphatic carbocycles. The molecule has 1 heteroatoms. The number of benzene rings is 1. The molecule has 1 unspecified atom stereocenters. The molecular formula is C14H19Br. The predicted molar refractivity (Wildman–Crippen MR) is 69.7 cm³/mol. The largest absolute Gasteiger partial charge is 0.0887 e. The van der Waals surface area contributed by atoms with Crippen LogP contribution in [-0.4, -0.2) is 4.83 Å². The average molecular weight is 267 g/mol. The van der Waals surface area contributed by atoms with E-state index in [-0.39, 0.29) is 0 Å². The molecule has 2 rings (SSSR count). The highest BCUT2D eigenvalue weighted by Crippen LogP contribution is 2.36. The van der Waals surface area contributed by atoms with Gasteiger partial charge in [-0.15, -0.1) is 0 Å². The van der Waals surface area contributed by atoms with Gasteiger partial charge in [-0.05, 0) is 49.3 Å². The average Bonchev–Trinajstić information content (AvgIpc) is 2.95. The fraction of sp³-hybridized carbons (Fsp3) is 0.571. The van der Waals surface area contributed by atoms with E-state index in [0.717, 1.165) is 5.92 Å². The second kappa shape index (κ2) is 4.69. The van der Waals surface area contributed by atoms with Crippen molar-refractivity contribution >= 4 is 15.9 Å². The van der Waals surface area contributed by atoms with Gasteiger partial charge in [0.2, 0.25) is 0 Å². The Morgan fingerprint density at radius 3 is 2.60 bits per heavy atom. The van der Waals surface area contributed by atoms with Crippen LogP contribution in [0.3, 0.4) is 0 Å². The van der Waals surface area contributed by atoms with Gasteiger partial charge in [0.25, 0.3) is 0 Å². The molecule has 0 N–H and O–H groups in total. The van der Waals surface area contributed by atoms with Crippen molar-refractivity contribution in [2.75, 3.05) is 0 Å². The van der Waals surface area contributed by atoms with Crippen LogP contribution in [0.25, 0.3) is 0 Å². The molecule has 15 heavy (non-hydrogen) atoms. The molecule has 0 nitrogen and oxygen atoms in total. The van der Waals surface area contributed by atoms with Crippen molar-refractivity contribution in [1.82, 2.24) is 0 Å². The number of rotatable bonds is 4. The van der Waals surface area contributed by atoms with Crippen LogP contribution >= 0.6 is 15.9 Å². The van der Waals surface area contributed by atoms with E-state index in [0.29, 0.717) is 4.83 Å². The molecule has 1 aliphatic rings. The molecule has 0 saturated heterocycles. The minimum absolute atomic E-state index is 0.673. The van der Waals surface area contributed by atoms with Gasteiger partial charge in [0.1, 0.15) is 0 Å². The van der Waals surface area contributed by atoms with Crippen LogP contribution in [0.2, 0.25) is 0 Å². The number of alkyl halides is 1. The number of aryl methyl sites for hydroxylation is 2. The Hall–Kier alpha value is -0.300. The number of halogens is 1. The summed E-state index contributed by atoms with van der Waals surface area (Å²) in [6.45, 7) is 4.37. The summed E-state index contributed by atoms with van der Waals surface area (Å²) < 4.78 is 0. The van der Waals surface area contributed by atoms with E-state index in [1.54, 1.807) is 0 Å². The van der Waals surface area contributed by atoms with Crippen molar-refractivity contribution < 1.29 is 0 Å².